The first-order valence-corrected chi connectivity index (χ1v) is 7.35. The Hall–Kier alpha value is -1.31. The molecule has 0 aliphatic heterocycles. The van der Waals surface area contributed by atoms with E-state index < -0.39 is 10.0 Å². The van der Waals surface area contributed by atoms with E-state index in [0.29, 0.717) is 31.2 Å². The second-order valence-corrected chi connectivity index (χ2v) is 5.97. The Morgan fingerprint density at radius 2 is 2.05 bits per heavy atom. The lowest BCUT2D eigenvalue weighted by molar-refractivity contribution is 0.138. The van der Waals surface area contributed by atoms with Gasteiger partial charge < -0.3 is 15.2 Å². The standard InChI is InChI=1S/C12H20N2O4S/c1-4-18-8-7-14(2)19(15,16)10-5-6-12(17-3)11(13)9-10/h5-6,9H,4,7-8,13H2,1-3H3. The van der Waals surface area contributed by atoms with Crippen LogP contribution in [0.5, 0.6) is 5.75 Å². The van der Waals surface area contributed by atoms with Crippen LogP contribution in [0.1, 0.15) is 6.92 Å². The highest BCUT2D eigenvalue weighted by molar-refractivity contribution is 7.89. The number of sulfonamides is 1. The van der Waals surface area contributed by atoms with Crippen LogP contribution in [-0.4, -0.2) is 46.6 Å². The van der Waals surface area contributed by atoms with Crippen molar-refractivity contribution in [2.24, 2.45) is 0 Å². The molecule has 0 aromatic heterocycles. The Bertz CT molecular complexity index is 516. The number of nitrogens with two attached hydrogens (primary N) is 1. The number of benzene rings is 1. The molecule has 108 valence electrons. The molecular formula is C12H20N2O4S. The maximum Gasteiger partial charge on any atom is 0.242 e. The number of hydrogen-bond acceptors (Lipinski definition) is 5. The molecule has 19 heavy (non-hydrogen) atoms. The van der Waals surface area contributed by atoms with Crippen molar-refractivity contribution in [3.63, 3.8) is 0 Å². The number of rotatable bonds is 7. The third-order valence-electron chi connectivity index (χ3n) is 2.66. The molecular weight excluding hydrogens is 268 g/mol. The van der Waals surface area contributed by atoms with Gasteiger partial charge in [-0.15, -0.1) is 0 Å². The van der Waals surface area contributed by atoms with E-state index in [0.717, 1.165) is 0 Å². The average molecular weight is 288 g/mol. The van der Waals surface area contributed by atoms with Crippen LogP contribution >= 0.6 is 0 Å². The van der Waals surface area contributed by atoms with Gasteiger partial charge in [0.15, 0.2) is 0 Å². The number of likely N-dealkylation sites (N-methyl/N-ethyl adjacent to an activating group) is 1. The lowest BCUT2D eigenvalue weighted by atomic mass is 10.3. The van der Waals surface area contributed by atoms with Gasteiger partial charge in [0.1, 0.15) is 5.75 Å². The Balaban J connectivity index is 2.90. The van der Waals surface area contributed by atoms with Crippen molar-refractivity contribution in [3.8, 4) is 5.75 Å². The second kappa shape index (κ2) is 6.74. The smallest absolute Gasteiger partial charge is 0.242 e. The highest BCUT2D eigenvalue weighted by Crippen LogP contribution is 2.25. The summed E-state index contributed by atoms with van der Waals surface area (Å²) in [5.74, 6) is 0.455. The summed E-state index contributed by atoms with van der Waals surface area (Å²) in [4.78, 5) is 0.143. The number of nitrogens with zero attached hydrogens (tertiary/aromatic N) is 1. The minimum atomic E-state index is -3.55. The number of hydrogen-bond donors (Lipinski definition) is 1. The van der Waals surface area contributed by atoms with Gasteiger partial charge in [-0.25, -0.2) is 8.42 Å². The molecule has 0 radical (unpaired) electrons. The summed E-state index contributed by atoms with van der Waals surface area (Å²) in [6.07, 6.45) is 0. The SMILES string of the molecule is CCOCCN(C)S(=O)(=O)c1ccc(OC)c(N)c1. The first-order valence-electron chi connectivity index (χ1n) is 5.91. The average Bonchev–Trinajstić information content (AvgIpc) is 2.38. The molecule has 0 aliphatic carbocycles. The van der Waals surface area contributed by atoms with Gasteiger partial charge in [-0.1, -0.05) is 0 Å². The van der Waals surface area contributed by atoms with Crippen molar-refractivity contribution in [2.45, 2.75) is 11.8 Å². The number of methoxy groups -OCH3 is 1. The van der Waals surface area contributed by atoms with E-state index in [9.17, 15) is 8.42 Å². The first-order chi connectivity index (χ1) is 8.93. The van der Waals surface area contributed by atoms with Gasteiger partial charge in [0.2, 0.25) is 10.0 Å². The zero-order valence-electron chi connectivity index (χ0n) is 11.4. The molecule has 0 saturated carbocycles. The second-order valence-electron chi connectivity index (χ2n) is 3.93. The van der Waals surface area contributed by atoms with Crippen molar-refractivity contribution in [2.75, 3.05) is 39.6 Å². The van der Waals surface area contributed by atoms with Gasteiger partial charge in [0.05, 0.1) is 24.3 Å². The summed E-state index contributed by atoms with van der Waals surface area (Å²) in [5.41, 5.74) is 6.01. The molecule has 1 aromatic carbocycles. The summed E-state index contributed by atoms with van der Waals surface area (Å²) in [5, 5.41) is 0. The molecule has 1 aromatic rings. The van der Waals surface area contributed by atoms with Gasteiger partial charge >= 0.3 is 0 Å². The summed E-state index contributed by atoms with van der Waals surface area (Å²) in [6.45, 7) is 3.07. The molecule has 2 N–H and O–H groups in total. The molecule has 0 bridgehead atoms. The fraction of sp³-hybridized carbons (Fsp3) is 0.500. The topological polar surface area (TPSA) is 81.9 Å². The summed E-state index contributed by atoms with van der Waals surface area (Å²) >= 11 is 0. The normalized spacial score (nSPS) is 11.8. The molecule has 0 saturated heterocycles. The first kappa shape index (κ1) is 15.7. The Morgan fingerprint density at radius 3 is 2.58 bits per heavy atom. The summed E-state index contributed by atoms with van der Waals surface area (Å²) in [7, 11) is -0.560. The van der Waals surface area contributed by atoms with Crippen LogP contribution in [0.4, 0.5) is 5.69 Å². The van der Waals surface area contributed by atoms with Crippen LogP contribution in [0.3, 0.4) is 0 Å². The molecule has 0 amide bonds. The third kappa shape index (κ3) is 3.82. The lowest BCUT2D eigenvalue weighted by Crippen LogP contribution is -2.30. The predicted molar refractivity (Wildman–Crippen MR) is 73.7 cm³/mol. The Kier molecular flexibility index (Phi) is 5.59. The lowest BCUT2D eigenvalue weighted by Gasteiger charge is -2.17. The van der Waals surface area contributed by atoms with Crippen LogP contribution in [0, 0.1) is 0 Å². The maximum atomic E-state index is 12.3. The minimum absolute atomic E-state index is 0.143. The third-order valence-corrected chi connectivity index (χ3v) is 4.52. The van der Waals surface area contributed by atoms with Crippen LogP contribution in [0.15, 0.2) is 23.1 Å². The predicted octanol–water partition coefficient (Wildman–Crippen LogP) is 0.934. The van der Waals surface area contributed by atoms with Gasteiger partial charge in [-0.05, 0) is 25.1 Å². The van der Waals surface area contributed by atoms with Crippen molar-refractivity contribution in [1.82, 2.24) is 4.31 Å². The molecule has 0 fully saturated rings. The number of ether oxygens (including phenoxy) is 2. The van der Waals surface area contributed by atoms with Crippen LogP contribution < -0.4 is 10.5 Å². The zero-order valence-corrected chi connectivity index (χ0v) is 12.2. The Labute approximate surface area is 114 Å². The molecule has 0 unspecified atom stereocenters. The summed E-state index contributed by atoms with van der Waals surface area (Å²) in [6, 6.07) is 4.41. The number of nitrogen functional groups attached to an aromatic ring is 1. The van der Waals surface area contributed by atoms with Gasteiger partial charge in [-0.3, -0.25) is 0 Å². The maximum absolute atomic E-state index is 12.3. The van der Waals surface area contributed by atoms with Crippen molar-refractivity contribution in [1.29, 1.82) is 0 Å². The highest BCUT2D eigenvalue weighted by Gasteiger charge is 2.21. The molecule has 0 spiro atoms. The molecule has 0 atom stereocenters. The summed E-state index contributed by atoms with van der Waals surface area (Å²) < 4.78 is 35.9. The minimum Gasteiger partial charge on any atom is -0.495 e. The van der Waals surface area contributed by atoms with E-state index in [2.05, 4.69) is 0 Å². The van der Waals surface area contributed by atoms with E-state index in [4.69, 9.17) is 15.2 Å². The van der Waals surface area contributed by atoms with Crippen molar-refractivity contribution >= 4 is 15.7 Å². The van der Waals surface area contributed by atoms with Crippen molar-refractivity contribution < 1.29 is 17.9 Å². The monoisotopic (exact) mass is 288 g/mol. The van der Waals surface area contributed by atoms with Gasteiger partial charge in [0, 0.05) is 20.2 Å². The molecule has 0 aliphatic rings. The fourth-order valence-electron chi connectivity index (χ4n) is 1.51. The van der Waals surface area contributed by atoms with E-state index in [1.165, 1.54) is 30.6 Å². The fourth-order valence-corrected chi connectivity index (χ4v) is 2.70. The Morgan fingerprint density at radius 1 is 1.37 bits per heavy atom. The van der Waals surface area contributed by atoms with E-state index in [-0.39, 0.29) is 4.90 Å². The van der Waals surface area contributed by atoms with Crippen molar-refractivity contribution in [3.05, 3.63) is 18.2 Å². The molecule has 1 rings (SSSR count). The highest BCUT2D eigenvalue weighted by atomic mass is 32.2. The zero-order chi connectivity index (χ0) is 14.5. The quantitative estimate of drug-likeness (QED) is 0.596. The van der Waals surface area contributed by atoms with Crippen LogP contribution in [0.2, 0.25) is 0 Å². The van der Waals surface area contributed by atoms with Gasteiger partial charge in [-0.2, -0.15) is 4.31 Å². The largest absolute Gasteiger partial charge is 0.495 e. The molecule has 6 nitrogen and oxygen atoms in total. The molecule has 7 heteroatoms. The van der Waals surface area contributed by atoms with E-state index in [1.54, 1.807) is 6.07 Å². The van der Waals surface area contributed by atoms with Crippen LogP contribution in [0.25, 0.3) is 0 Å². The number of anilines is 1. The van der Waals surface area contributed by atoms with Gasteiger partial charge in [0.25, 0.3) is 0 Å². The van der Waals surface area contributed by atoms with E-state index in [1.807, 2.05) is 6.92 Å². The van der Waals surface area contributed by atoms with E-state index >= 15 is 0 Å². The van der Waals surface area contributed by atoms with Crippen LogP contribution in [-0.2, 0) is 14.8 Å². The molecule has 0 heterocycles.